The van der Waals surface area contributed by atoms with Gasteiger partial charge in [-0.1, -0.05) is 25.1 Å². The summed E-state index contributed by atoms with van der Waals surface area (Å²) in [5.41, 5.74) is 1.09. The maximum Gasteiger partial charge on any atom is 0.401 e. The number of para-hydroxylation sites is 1. The zero-order valence-electron chi connectivity index (χ0n) is 13.8. The van der Waals surface area contributed by atoms with E-state index < -0.39 is 12.7 Å². The summed E-state index contributed by atoms with van der Waals surface area (Å²) in [7, 11) is 0. The molecule has 1 saturated heterocycles. The highest BCUT2D eigenvalue weighted by atomic mass is 19.4. The Morgan fingerprint density at radius 2 is 1.70 bits per heavy atom. The van der Waals surface area contributed by atoms with Gasteiger partial charge in [-0.15, -0.1) is 0 Å². The molecule has 130 valence electrons. The van der Waals surface area contributed by atoms with Gasteiger partial charge in [0.05, 0.1) is 12.6 Å². The van der Waals surface area contributed by atoms with Gasteiger partial charge in [-0.05, 0) is 19.4 Å². The number of hydrogen-bond donors (Lipinski definition) is 0. The Kier molecular flexibility index (Phi) is 6.30. The van der Waals surface area contributed by atoms with Crippen LogP contribution in [0.4, 0.5) is 13.2 Å². The molecule has 0 saturated carbocycles. The first-order valence-corrected chi connectivity index (χ1v) is 8.13. The number of alkyl halides is 3. The number of nitrogens with zero attached hydrogens (tertiary/aromatic N) is 2. The molecular weight excluding hydrogens is 305 g/mol. The van der Waals surface area contributed by atoms with Gasteiger partial charge in [-0.25, -0.2) is 0 Å². The van der Waals surface area contributed by atoms with Crippen molar-refractivity contribution >= 4 is 0 Å². The smallest absolute Gasteiger partial charge is 0.401 e. The van der Waals surface area contributed by atoms with Crippen molar-refractivity contribution < 1.29 is 17.9 Å². The summed E-state index contributed by atoms with van der Waals surface area (Å²) in [4.78, 5) is 3.66. The van der Waals surface area contributed by atoms with E-state index in [1.807, 2.05) is 31.2 Å². The van der Waals surface area contributed by atoms with Crippen LogP contribution in [-0.2, 0) is 6.54 Å². The van der Waals surface area contributed by atoms with Crippen LogP contribution in [0.1, 0.15) is 25.8 Å². The monoisotopic (exact) mass is 330 g/mol. The fourth-order valence-corrected chi connectivity index (χ4v) is 2.65. The second kappa shape index (κ2) is 8.02. The first kappa shape index (κ1) is 18.1. The van der Waals surface area contributed by atoms with Gasteiger partial charge in [-0.3, -0.25) is 9.80 Å². The minimum absolute atomic E-state index is 0.153. The van der Waals surface area contributed by atoms with Gasteiger partial charge < -0.3 is 4.74 Å². The average molecular weight is 330 g/mol. The van der Waals surface area contributed by atoms with Crippen LogP contribution >= 0.6 is 0 Å². The fraction of sp³-hybridized carbons (Fsp3) is 0.647. The highest BCUT2D eigenvalue weighted by molar-refractivity contribution is 5.33. The van der Waals surface area contributed by atoms with Crippen LogP contribution < -0.4 is 4.74 Å². The lowest BCUT2D eigenvalue weighted by atomic mass is 10.1. The Labute approximate surface area is 136 Å². The van der Waals surface area contributed by atoms with Crippen LogP contribution in [0.2, 0.25) is 0 Å². The van der Waals surface area contributed by atoms with E-state index in [1.165, 1.54) is 4.90 Å². The molecule has 3 nitrogen and oxygen atoms in total. The zero-order chi connectivity index (χ0) is 16.9. The van der Waals surface area contributed by atoms with E-state index in [4.69, 9.17) is 4.74 Å². The quantitative estimate of drug-likeness (QED) is 0.793. The Bertz CT molecular complexity index is 485. The molecule has 1 atom stereocenters. The summed E-state index contributed by atoms with van der Waals surface area (Å²) < 4.78 is 43.2. The third-order valence-corrected chi connectivity index (χ3v) is 4.14. The molecule has 1 aromatic rings. The van der Waals surface area contributed by atoms with E-state index in [1.54, 1.807) is 0 Å². The highest BCUT2D eigenvalue weighted by Gasteiger charge is 2.32. The average Bonchev–Trinajstić information content (AvgIpc) is 2.49. The van der Waals surface area contributed by atoms with Gasteiger partial charge >= 0.3 is 6.18 Å². The molecule has 1 aromatic carbocycles. The molecule has 0 N–H and O–H groups in total. The van der Waals surface area contributed by atoms with Crippen LogP contribution in [0, 0.1) is 0 Å². The third kappa shape index (κ3) is 6.03. The minimum atomic E-state index is -4.11. The van der Waals surface area contributed by atoms with Crippen LogP contribution in [0.25, 0.3) is 0 Å². The fourth-order valence-electron chi connectivity index (χ4n) is 2.65. The van der Waals surface area contributed by atoms with Gasteiger partial charge in [0.2, 0.25) is 0 Å². The second-order valence-electron chi connectivity index (χ2n) is 6.11. The Morgan fingerprint density at radius 1 is 1.09 bits per heavy atom. The molecule has 0 aromatic heterocycles. The summed E-state index contributed by atoms with van der Waals surface area (Å²) in [6.07, 6.45) is -3.02. The number of halogens is 3. The van der Waals surface area contributed by atoms with Gasteiger partial charge in [0.15, 0.2) is 0 Å². The largest absolute Gasteiger partial charge is 0.490 e. The number of ether oxygens (including phenoxy) is 1. The number of benzene rings is 1. The van der Waals surface area contributed by atoms with Crippen molar-refractivity contribution in [1.82, 2.24) is 9.80 Å². The van der Waals surface area contributed by atoms with Gasteiger partial charge in [0, 0.05) is 38.3 Å². The van der Waals surface area contributed by atoms with Crippen molar-refractivity contribution in [1.29, 1.82) is 0 Å². The third-order valence-electron chi connectivity index (χ3n) is 4.14. The molecule has 0 amide bonds. The van der Waals surface area contributed by atoms with Crippen LogP contribution in [0.5, 0.6) is 5.75 Å². The minimum Gasteiger partial charge on any atom is -0.490 e. The summed E-state index contributed by atoms with van der Waals surface area (Å²) in [6.45, 7) is 6.21. The molecule has 0 bridgehead atoms. The highest BCUT2D eigenvalue weighted by Crippen LogP contribution is 2.23. The summed E-state index contributed by atoms with van der Waals surface area (Å²) >= 11 is 0. The van der Waals surface area contributed by atoms with Gasteiger partial charge in [-0.2, -0.15) is 13.2 Å². The van der Waals surface area contributed by atoms with Crippen molar-refractivity contribution in [2.24, 2.45) is 0 Å². The molecule has 1 aliphatic heterocycles. The molecule has 6 heteroatoms. The number of hydrogen-bond acceptors (Lipinski definition) is 3. The van der Waals surface area contributed by atoms with Crippen LogP contribution in [0.15, 0.2) is 24.3 Å². The number of rotatable bonds is 6. The number of piperazine rings is 1. The first-order valence-electron chi connectivity index (χ1n) is 8.13. The maximum absolute atomic E-state index is 12.4. The van der Waals surface area contributed by atoms with Crippen molar-refractivity contribution in [2.45, 2.75) is 39.1 Å². The van der Waals surface area contributed by atoms with Crippen molar-refractivity contribution in [2.75, 3.05) is 32.7 Å². The molecule has 1 unspecified atom stereocenters. The van der Waals surface area contributed by atoms with E-state index in [0.717, 1.165) is 17.7 Å². The normalized spacial score (nSPS) is 18.8. The maximum atomic E-state index is 12.4. The van der Waals surface area contributed by atoms with E-state index in [-0.39, 0.29) is 6.10 Å². The topological polar surface area (TPSA) is 15.7 Å². The summed E-state index contributed by atoms with van der Waals surface area (Å²) in [6, 6.07) is 7.91. The summed E-state index contributed by atoms with van der Waals surface area (Å²) in [5.74, 6) is 0.875. The van der Waals surface area contributed by atoms with Gasteiger partial charge in [0.1, 0.15) is 5.75 Å². The van der Waals surface area contributed by atoms with Crippen LogP contribution in [0.3, 0.4) is 0 Å². The second-order valence-corrected chi connectivity index (χ2v) is 6.11. The Balaban J connectivity index is 1.89. The predicted octanol–water partition coefficient (Wildman–Crippen LogP) is 3.54. The van der Waals surface area contributed by atoms with E-state index in [2.05, 4.69) is 11.8 Å². The lowest BCUT2D eigenvalue weighted by Gasteiger charge is -2.35. The lowest BCUT2D eigenvalue weighted by molar-refractivity contribution is -0.149. The van der Waals surface area contributed by atoms with Crippen molar-refractivity contribution in [3.05, 3.63) is 29.8 Å². The van der Waals surface area contributed by atoms with E-state index in [9.17, 15) is 13.2 Å². The van der Waals surface area contributed by atoms with Gasteiger partial charge in [0.25, 0.3) is 0 Å². The van der Waals surface area contributed by atoms with E-state index >= 15 is 0 Å². The predicted molar refractivity (Wildman–Crippen MR) is 84.6 cm³/mol. The SMILES string of the molecule is CCC(C)Oc1ccccc1CN1CCN(CC(F)(F)F)CC1. The Hall–Kier alpha value is -1.27. The standard InChI is InChI=1S/C17H25F3N2O/c1-3-14(2)23-16-7-5-4-6-15(16)12-21-8-10-22(11-9-21)13-17(18,19)20/h4-7,14H,3,8-13H2,1-2H3. The molecule has 0 aliphatic carbocycles. The molecule has 1 heterocycles. The van der Waals surface area contributed by atoms with Crippen LogP contribution in [-0.4, -0.2) is 54.8 Å². The molecule has 23 heavy (non-hydrogen) atoms. The molecule has 1 fully saturated rings. The zero-order valence-corrected chi connectivity index (χ0v) is 13.8. The molecular formula is C17H25F3N2O. The van der Waals surface area contributed by atoms with E-state index in [0.29, 0.717) is 32.7 Å². The molecule has 0 radical (unpaired) electrons. The summed E-state index contributed by atoms with van der Waals surface area (Å²) in [5, 5.41) is 0. The lowest BCUT2D eigenvalue weighted by Crippen LogP contribution is -2.48. The van der Waals surface area contributed by atoms with Crippen molar-refractivity contribution in [3.8, 4) is 5.75 Å². The molecule has 1 aliphatic rings. The first-order chi connectivity index (χ1) is 10.9. The van der Waals surface area contributed by atoms with Crippen molar-refractivity contribution in [3.63, 3.8) is 0 Å². The molecule has 2 rings (SSSR count). The molecule has 0 spiro atoms. The Morgan fingerprint density at radius 3 is 2.30 bits per heavy atom.